The van der Waals surface area contributed by atoms with Gasteiger partial charge in [-0.25, -0.2) is 0 Å². The number of hydrogen-bond donors (Lipinski definition) is 3. The van der Waals surface area contributed by atoms with Crippen LogP contribution in [0.3, 0.4) is 0 Å². The first-order valence-corrected chi connectivity index (χ1v) is 7.39. The third-order valence-electron chi connectivity index (χ3n) is 4.68. The molecule has 2 rings (SSSR count). The zero-order valence-electron chi connectivity index (χ0n) is 11.7. The van der Waals surface area contributed by atoms with Crippen molar-refractivity contribution in [2.45, 2.75) is 64.3 Å². The second-order valence-corrected chi connectivity index (χ2v) is 6.08. The van der Waals surface area contributed by atoms with Gasteiger partial charge in [-0.15, -0.1) is 0 Å². The molecule has 4 N–H and O–H groups in total. The highest BCUT2D eigenvalue weighted by Gasteiger charge is 2.44. The van der Waals surface area contributed by atoms with E-state index in [2.05, 4.69) is 10.5 Å². The number of nitrogens with two attached hydrogens (primary N) is 1. The van der Waals surface area contributed by atoms with Crippen molar-refractivity contribution in [1.82, 2.24) is 5.32 Å². The Bertz CT molecular complexity index is 356. The molecule has 5 heteroatoms. The first-order valence-electron chi connectivity index (χ1n) is 7.39. The number of nitrogens with one attached hydrogen (secondary N) is 1. The molecule has 19 heavy (non-hydrogen) atoms. The molecule has 0 radical (unpaired) electrons. The van der Waals surface area contributed by atoms with Gasteiger partial charge in [0, 0.05) is 6.04 Å². The van der Waals surface area contributed by atoms with Gasteiger partial charge in [-0.1, -0.05) is 30.8 Å². The molecule has 1 unspecified atom stereocenters. The fourth-order valence-corrected chi connectivity index (χ4v) is 3.09. The van der Waals surface area contributed by atoms with Gasteiger partial charge in [0.2, 0.25) is 5.91 Å². The molecule has 2 aliphatic carbocycles. The number of carbonyl (C=O) groups excluding carboxylic acids is 1. The minimum Gasteiger partial charge on any atom is -0.409 e. The van der Waals surface area contributed by atoms with Crippen molar-refractivity contribution in [1.29, 1.82) is 0 Å². The molecule has 108 valence electrons. The summed E-state index contributed by atoms with van der Waals surface area (Å²) in [7, 11) is 0. The molecule has 2 fully saturated rings. The molecule has 0 aromatic heterocycles. The largest absolute Gasteiger partial charge is 0.409 e. The molecular weight excluding hydrogens is 242 g/mol. The Morgan fingerprint density at radius 2 is 1.89 bits per heavy atom. The van der Waals surface area contributed by atoms with Gasteiger partial charge in [-0.05, 0) is 38.5 Å². The van der Waals surface area contributed by atoms with E-state index >= 15 is 0 Å². The van der Waals surface area contributed by atoms with E-state index in [1.165, 1.54) is 12.8 Å². The van der Waals surface area contributed by atoms with Crippen LogP contribution in [-0.2, 0) is 4.79 Å². The van der Waals surface area contributed by atoms with Crippen molar-refractivity contribution in [3.8, 4) is 0 Å². The zero-order chi connectivity index (χ0) is 13.9. The van der Waals surface area contributed by atoms with E-state index in [0.29, 0.717) is 18.8 Å². The number of amides is 1. The van der Waals surface area contributed by atoms with Gasteiger partial charge in [-0.2, -0.15) is 0 Å². The molecule has 0 bridgehead atoms. The molecular formula is C14H25N3O2. The molecule has 0 saturated heterocycles. The summed E-state index contributed by atoms with van der Waals surface area (Å²) in [5.74, 6) is 0.637. The van der Waals surface area contributed by atoms with Gasteiger partial charge in [0.05, 0.1) is 0 Å². The molecule has 2 aliphatic rings. The van der Waals surface area contributed by atoms with Gasteiger partial charge in [0.25, 0.3) is 0 Å². The highest BCUT2D eigenvalue weighted by atomic mass is 16.4. The third kappa shape index (κ3) is 3.01. The van der Waals surface area contributed by atoms with E-state index in [-0.39, 0.29) is 17.8 Å². The monoisotopic (exact) mass is 267 g/mol. The molecule has 5 nitrogen and oxygen atoms in total. The van der Waals surface area contributed by atoms with Gasteiger partial charge in [-0.3, -0.25) is 4.79 Å². The van der Waals surface area contributed by atoms with Crippen LogP contribution in [0.2, 0.25) is 0 Å². The first-order chi connectivity index (χ1) is 9.10. The molecule has 0 heterocycles. The van der Waals surface area contributed by atoms with Crippen molar-refractivity contribution in [3.63, 3.8) is 0 Å². The maximum Gasteiger partial charge on any atom is 0.234 e. The Morgan fingerprint density at radius 3 is 2.37 bits per heavy atom. The predicted octanol–water partition coefficient (Wildman–Crippen LogP) is 1.99. The van der Waals surface area contributed by atoms with Crippen LogP contribution in [0.25, 0.3) is 0 Å². The minimum absolute atomic E-state index is 0.0518. The van der Waals surface area contributed by atoms with Crippen LogP contribution >= 0.6 is 0 Å². The Labute approximate surface area is 114 Å². The lowest BCUT2D eigenvalue weighted by atomic mass is 9.78. The van der Waals surface area contributed by atoms with E-state index in [4.69, 9.17) is 10.9 Å². The maximum atomic E-state index is 12.6. The van der Waals surface area contributed by atoms with Crippen LogP contribution in [0.1, 0.15) is 58.3 Å². The summed E-state index contributed by atoms with van der Waals surface area (Å²) in [5, 5.41) is 15.3. The maximum absolute atomic E-state index is 12.6. The third-order valence-corrected chi connectivity index (χ3v) is 4.68. The van der Waals surface area contributed by atoms with Crippen LogP contribution in [0.5, 0.6) is 0 Å². The first kappa shape index (κ1) is 14.2. The minimum atomic E-state index is -0.797. The van der Waals surface area contributed by atoms with Crippen LogP contribution in [0.15, 0.2) is 5.16 Å². The summed E-state index contributed by atoms with van der Waals surface area (Å²) >= 11 is 0. The molecule has 0 aromatic carbocycles. The Kier molecular flexibility index (Phi) is 4.32. The van der Waals surface area contributed by atoms with Crippen molar-refractivity contribution < 1.29 is 10.0 Å². The summed E-state index contributed by atoms with van der Waals surface area (Å²) in [6.45, 7) is 2.05. The summed E-state index contributed by atoms with van der Waals surface area (Å²) in [6, 6.07) is 0.194. The SMILES string of the molecule is CC(NC(=O)C1(C(N)=NO)CCCCCC1)C1CC1. The second kappa shape index (κ2) is 5.80. The zero-order valence-corrected chi connectivity index (χ0v) is 11.7. The van der Waals surface area contributed by atoms with Gasteiger partial charge in [0.1, 0.15) is 5.41 Å². The highest BCUT2D eigenvalue weighted by molar-refractivity contribution is 6.06. The Morgan fingerprint density at radius 1 is 1.32 bits per heavy atom. The van der Waals surface area contributed by atoms with E-state index in [0.717, 1.165) is 25.7 Å². The molecule has 0 aromatic rings. The summed E-state index contributed by atoms with van der Waals surface area (Å²) < 4.78 is 0. The molecule has 0 aliphatic heterocycles. The molecule has 0 spiro atoms. The lowest BCUT2D eigenvalue weighted by molar-refractivity contribution is -0.129. The average molecular weight is 267 g/mol. The standard InChI is InChI=1S/C14H25N3O2/c1-10(11-6-7-11)16-13(18)14(12(15)17-19)8-4-2-3-5-9-14/h10-11,19H,2-9H2,1H3,(H2,15,17)(H,16,18). The molecule has 1 amide bonds. The topological polar surface area (TPSA) is 87.7 Å². The quantitative estimate of drug-likeness (QED) is 0.239. The number of rotatable bonds is 4. The fraction of sp³-hybridized carbons (Fsp3) is 0.857. The normalized spacial score (nSPS) is 25.4. The lowest BCUT2D eigenvalue weighted by Crippen LogP contribution is -2.52. The van der Waals surface area contributed by atoms with Crippen LogP contribution < -0.4 is 11.1 Å². The summed E-state index contributed by atoms with van der Waals surface area (Å²) in [6.07, 6.45) is 7.91. The van der Waals surface area contributed by atoms with Gasteiger partial charge < -0.3 is 16.3 Å². The summed E-state index contributed by atoms with van der Waals surface area (Å²) in [5.41, 5.74) is 5.06. The van der Waals surface area contributed by atoms with Gasteiger partial charge >= 0.3 is 0 Å². The number of oxime groups is 1. The van der Waals surface area contributed by atoms with Crippen LogP contribution in [0.4, 0.5) is 0 Å². The van der Waals surface area contributed by atoms with E-state index in [1.807, 2.05) is 6.92 Å². The highest BCUT2D eigenvalue weighted by Crippen LogP contribution is 2.37. The van der Waals surface area contributed by atoms with E-state index in [9.17, 15) is 4.79 Å². The number of hydrogen-bond acceptors (Lipinski definition) is 3. The lowest BCUT2D eigenvalue weighted by Gasteiger charge is -2.31. The number of carbonyl (C=O) groups is 1. The van der Waals surface area contributed by atoms with Crippen molar-refractivity contribution >= 4 is 11.7 Å². The summed E-state index contributed by atoms with van der Waals surface area (Å²) in [4.78, 5) is 12.6. The average Bonchev–Trinajstić information content (AvgIpc) is 3.23. The molecule has 2 saturated carbocycles. The smallest absolute Gasteiger partial charge is 0.234 e. The second-order valence-electron chi connectivity index (χ2n) is 6.08. The predicted molar refractivity (Wildman–Crippen MR) is 73.9 cm³/mol. The Hall–Kier alpha value is -1.26. The van der Waals surface area contributed by atoms with Crippen LogP contribution in [-0.4, -0.2) is 23.0 Å². The van der Waals surface area contributed by atoms with Crippen molar-refractivity contribution in [2.75, 3.05) is 0 Å². The molecule has 1 atom stereocenters. The Balaban J connectivity index is 2.13. The van der Waals surface area contributed by atoms with E-state index < -0.39 is 5.41 Å². The number of amidine groups is 1. The number of nitrogens with zero attached hydrogens (tertiary/aromatic N) is 1. The van der Waals surface area contributed by atoms with Crippen molar-refractivity contribution in [3.05, 3.63) is 0 Å². The van der Waals surface area contributed by atoms with Gasteiger partial charge in [0.15, 0.2) is 5.84 Å². The van der Waals surface area contributed by atoms with E-state index in [1.54, 1.807) is 0 Å². The van der Waals surface area contributed by atoms with Crippen LogP contribution in [0, 0.1) is 11.3 Å². The van der Waals surface area contributed by atoms with Crippen molar-refractivity contribution in [2.24, 2.45) is 22.2 Å². The fourth-order valence-electron chi connectivity index (χ4n) is 3.09.